The summed E-state index contributed by atoms with van der Waals surface area (Å²) in [7, 11) is 0. The summed E-state index contributed by atoms with van der Waals surface area (Å²) >= 11 is 5.98. The number of halogens is 1. The molecular formula is C19H30ClN3O2. The molecule has 1 atom stereocenters. The lowest BCUT2D eigenvalue weighted by Gasteiger charge is -2.41. The van der Waals surface area contributed by atoms with E-state index in [-0.39, 0.29) is 0 Å². The number of rotatable bonds is 6. The summed E-state index contributed by atoms with van der Waals surface area (Å²) in [5.74, 6) is 0.912. The fourth-order valence-electron chi connectivity index (χ4n) is 3.73. The van der Waals surface area contributed by atoms with Crippen molar-refractivity contribution in [1.82, 2.24) is 15.1 Å². The number of piperidine rings is 1. The average Bonchev–Trinajstić information content (AvgIpc) is 2.59. The minimum atomic E-state index is -0.546. The predicted octanol–water partition coefficient (Wildman–Crippen LogP) is 1.76. The summed E-state index contributed by atoms with van der Waals surface area (Å²) in [6, 6.07) is 5.74. The molecule has 2 saturated heterocycles. The monoisotopic (exact) mass is 367 g/mol. The third kappa shape index (κ3) is 5.56. The molecule has 0 saturated carbocycles. The van der Waals surface area contributed by atoms with E-state index in [1.165, 1.54) is 0 Å². The molecule has 1 aromatic rings. The van der Waals surface area contributed by atoms with Gasteiger partial charge >= 0.3 is 0 Å². The molecule has 1 unspecified atom stereocenters. The molecule has 25 heavy (non-hydrogen) atoms. The molecule has 5 nitrogen and oxygen atoms in total. The van der Waals surface area contributed by atoms with Crippen molar-refractivity contribution in [3.63, 3.8) is 0 Å². The first-order valence-corrected chi connectivity index (χ1v) is 9.69. The summed E-state index contributed by atoms with van der Waals surface area (Å²) in [4.78, 5) is 4.83. The molecular weight excluding hydrogens is 338 g/mol. The molecule has 6 heteroatoms. The van der Waals surface area contributed by atoms with Crippen LogP contribution in [0.3, 0.4) is 0 Å². The van der Waals surface area contributed by atoms with Crippen LogP contribution >= 0.6 is 11.6 Å². The molecule has 0 bridgehead atoms. The van der Waals surface area contributed by atoms with Crippen molar-refractivity contribution in [2.75, 3.05) is 59.0 Å². The van der Waals surface area contributed by atoms with E-state index in [0.717, 1.165) is 81.5 Å². The van der Waals surface area contributed by atoms with E-state index in [2.05, 4.69) is 15.1 Å². The van der Waals surface area contributed by atoms with Gasteiger partial charge in [-0.25, -0.2) is 0 Å². The molecule has 0 aromatic heterocycles. The predicted molar refractivity (Wildman–Crippen MR) is 102 cm³/mol. The standard InChI is InChI=1S/C19H30ClN3O2/c1-16-13-17(20)3-4-18(16)25-12-11-22-7-9-23(10-8-22)15-19(24)5-2-6-21-14-19/h3-4,13,21,24H,2,5-12,14-15H2,1H3. The average molecular weight is 368 g/mol. The van der Waals surface area contributed by atoms with E-state index >= 15 is 0 Å². The Kier molecular flexibility index (Phi) is 6.58. The Hall–Kier alpha value is -0.850. The number of aryl methyl sites for hydroxylation is 1. The van der Waals surface area contributed by atoms with Crippen LogP contribution < -0.4 is 10.1 Å². The van der Waals surface area contributed by atoms with E-state index in [9.17, 15) is 5.11 Å². The molecule has 2 N–H and O–H groups in total. The highest BCUT2D eigenvalue weighted by Gasteiger charge is 2.32. The summed E-state index contributed by atoms with van der Waals surface area (Å²) in [5.41, 5.74) is 0.530. The number of ether oxygens (including phenoxy) is 1. The van der Waals surface area contributed by atoms with Crippen molar-refractivity contribution in [2.45, 2.75) is 25.4 Å². The summed E-state index contributed by atoms with van der Waals surface area (Å²) < 4.78 is 5.90. The molecule has 2 aliphatic rings. The third-order valence-corrected chi connectivity index (χ3v) is 5.47. The lowest BCUT2D eigenvalue weighted by atomic mass is 9.93. The Bertz CT molecular complexity index is 556. The smallest absolute Gasteiger partial charge is 0.122 e. The van der Waals surface area contributed by atoms with Crippen LogP contribution in [0.1, 0.15) is 18.4 Å². The first-order chi connectivity index (χ1) is 12.0. The van der Waals surface area contributed by atoms with Gasteiger partial charge in [0.1, 0.15) is 12.4 Å². The van der Waals surface area contributed by atoms with E-state index in [1.807, 2.05) is 25.1 Å². The molecule has 2 fully saturated rings. The summed E-state index contributed by atoms with van der Waals surface area (Å²) in [5, 5.41) is 14.7. The lowest BCUT2D eigenvalue weighted by molar-refractivity contribution is -0.0263. The maximum atomic E-state index is 10.7. The molecule has 0 spiro atoms. The second-order valence-corrected chi connectivity index (χ2v) is 7.82. The largest absolute Gasteiger partial charge is 0.492 e. The number of benzene rings is 1. The molecule has 140 valence electrons. The van der Waals surface area contributed by atoms with Crippen molar-refractivity contribution < 1.29 is 9.84 Å². The highest BCUT2D eigenvalue weighted by Crippen LogP contribution is 2.22. The van der Waals surface area contributed by atoms with Crippen LogP contribution in [0.4, 0.5) is 0 Å². The SMILES string of the molecule is Cc1cc(Cl)ccc1OCCN1CCN(CC2(O)CCCNC2)CC1. The van der Waals surface area contributed by atoms with Gasteiger partial charge in [0.25, 0.3) is 0 Å². The van der Waals surface area contributed by atoms with Gasteiger partial charge in [-0.15, -0.1) is 0 Å². The van der Waals surface area contributed by atoms with Crippen LogP contribution in [-0.2, 0) is 0 Å². The molecule has 2 heterocycles. The Morgan fingerprint density at radius 1 is 1.24 bits per heavy atom. The van der Waals surface area contributed by atoms with Gasteiger partial charge in [-0.05, 0) is 50.1 Å². The fourth-order valence-corrected chi connectivity index (χ4v) is 3.96. The van der Waals surface area contributed by atoms with Gasteiger partial charge in [0.15, 0.2) is 0 Å². The summed E-state index contributed by atoms with van der Waals surface area (Å²) in [6.07, 6.45) is 1.98. The number of nitrogens with one attached hydrogen (secondary N) is 1. The Labute approximate surface area is 155 Å². The second kappa shape index (κ2) is 8.69. The van der Waals surface area contributed by atoms with Gasteiger partial charge in [-0.3, -0.25) is 9.80 Å². The van der Waals surface area contributed by atoms with Gasteiger partial charge in [0, 0.05) is 50.8 Å². The third-order valence-electron chi connectivity index (χ3n) is 5.23. The van der Waals surface area contributed by atoms with E-state index < -0.39 is 5.60 Å². The Morgan fingerprint density at radius 2 is 2.00 bits per heavy atom. The van der Waals surface area contributed by atoms with Gasteiger partial charge in [0.2, 0.25) is 0 Å². The minimum Gasteiger partial charge on any atom is -0.492 e. The van der Waals surface area contributed by atoms with Crippen molar-refractivity contribution in [3.8, 4) is 5.75 Å². The maximum absolute atomic E-state index is 10.7. The van der Waals surface area contributed by atoms with Crippen molar-refractivity contribution in [3.05, 3.63) is 28.8 Å². The molecule has 1 aromatic carbocycles. The summed E-state index contributed by atoms with van der Waals surface area (Å²) in [6.45, 7) is 10.3. The molecule has 0 amide bonds. The maximum Gasteiger partial charge on any atom is 0.122 e. The highest BCUT2D eigenvalue weighted by molar-refractivity contribution is 6.30. The van der Waals surface area contributed by atoms with Crippen molar-refractivity contribution in [2.24, 2.45) is 0 Å². The zero-order chi connectivity index (χ0) is 17.7. The van der Waals surface area contributed by atoms with Crippen LogP contribution in [-0.4, -0.2) is 79.5 Å². The topological polar surface area (TPSA) is 48.0 Å². The first-order valence-electron chi connectivity index (χ1n) is 9.31. The molecule has 0 radical (unpaired) electrons. The normalized spacial score (nSPS) is 25.9. The number of nitrogens with zero attached hydrogens (tertiary/aromatic N) is 2. The van der Waals surface area contributed by atoms with Crippen LogP contribution in [0.15, 0.2) is 18.2 Å². The molecule has 0 aliphatic carbocycles. The van der Waals surface area contributed by atoms with Crippen LogP contribution in [0.25, 0.3) is 0 Å². The molecule has 3 rings (SSSR count). The molecule has 2 aliphatic heterocycles. The van der Waals surface area contributed by atoms with E-state index in [1.54, 1.807) is 0 Å². The zero-order valence-electron chi connectivity index (χ0n) is 15.1. The zero-order valence-corrected chi connectivity index (χ0v) is 15.9. The van der Waals surface area contributed by atoms with Gasteiger partial charge in [0.05, 0.1) is 5.60 Å². The van der Waals surface area contributed by atoms with Gasteiger partial charge in [-0.1, -0.05) is 11.6 Å². The minimum absolute atomic E-state index is 0.546. The van der Waals surface area contributed by atoms with E-state index in [0.29, 0.717) is 6.61 Å². The number of hydrogen-bond donors (Lipinski definition) is 2. The lowest BCUT2D eigenvalue weighted by Crippen LogP contribution is -2.56. The highest BCUT2D eigenvalue weighted by atomic mass is 35.5. The quantitative estimate of drug-likeness (QED) is 0.802. The van der Waals surface area contributed by atoms with E-state index in [4.69, 9.17) is 16.3 Å². The number of β-amino-alcohol motifs (C(OH)–C–C–N with tert-alkyl or cyclic N) is 1. The Morgan fingerprint density at radius 3 is 2.68 bits per heavy atom. The van der Waals surface area contributed by atoms with Gasteiger partial charge < -0.3 is 15.2 Å². The van der Waals surface area contributed by atoms with Crippen molar-refractivity contribution in [1.29, 1.82) is 0 Å². The van der Waals surface area contributed by atoms with Crippen molar-refractivity contribution >= 4 is 11.6 Å². The van der Waals surface area contributed by atoms with Gasteiger partial charge in [-0.2, -0.15) is 0 Å². The van der Waals surface area contributed by atoms with Crippen LogP contribution in [0.2, 0.25) is 5.02 Å². The van der Waals surface area contributed by atoms with Crippen LogP contribution in [0.5, 0.6) is 5.75 Å². The first kappa shape index (κ1) is 18.9. The number of aliphatic hydroxyl groups is 1. The number of piperazine rings is 1. The Balaban J connectivity index is 1.36. The fraction of sp³-hybridized carbons (Fsp3) is 0.684. The number of hydrogen-bond acceptors (Lipinski definition) is 5. The van der Waals surface area contributed by atoms with Crippen LogP contribution in [0, 0.1) is 6.92 Å². The second-order valence-electron chi connectivity index (χ2n) is 7.38.